The minimum Gasteiger partial charge on any atom is -0.206 e. The van der Waals surface area contributed by atoms with Gasteiger partial charge < -0.3 is 0 Å². The number of hydrogen-bond acceptors (Lipinski definition) is 3. The number of hydrogen-bond donors (Lipinski definition) is 0. The predicted molar refractivity (Wildman–Crippen MR) is 61.1 cm³/mol. The first-order chi connectivity index (χ1) is 7.59. The van der Waals surface area contributed by atoms with Crippen molar-refractivity contribution in [1.29, 1.82) is 0 Å². The van der Waals surface area contributed by atoms with Gasteiger partial charge in [0.15, 0.2) is 5.82 Å². The monoisotopic (exact) mass is 304 g/mol. The number of nitrogens with zero attached hydrogens (tertiary/aromatic N) is 4. The summed E-state index contributed by atoms with van der Waals surface area (Å²) in [6.07, 6.45) is 0. The zero-order valence-corrected chi connectivity index (χ0v) is 10.6. The second-order valence-corrected chi connectivity index (χ2v) is 4.67. The molecule has 1 aromatic carbocycles. The van der Waals surface area contributed by atoms with Crippen LogP contribution in [0.5, 0.6) is 0 Å². The molecule has 0 radical (unpaired) electrons. The summed E-state index contributed by atoms with van der Waals surface area (Å²) in [6.45, 7) is 1.75. The van der Waals surface area contributed by atoms with Crippen LogP contribution in [0.2, 0.25) is 0 Å². The van der Waals surface area contributed by atoms with Gasteiger partial charge in [0.1, 0.15) is 5.82 Å². The Labute approximate surface area is 105 Å². The molecular formula is C9H7BrClFN4. The molecule has 4 nitrogen and oxygen atoms in total. The number of rotatable bonds is 2. The van der Waals surface area contributed by atoms with Crippen LogP contribution >= 0.6 is 27.5 Å². The molecule has 84 valence electrons. The van der Waals surface area contributed by atoms with E-state index in [2.05, 4.69) is 31.5 Å². The van der Waals surface area contributed by atoms with Crippen molar-refractivity contribution in [3.8, 4) is 5.69 Å². The lowest BCUT2D eigenvalue weighted by Crippen LogP contribution is -2.04. The average Bonchev–Trinajstić information content (AvgIpc) is 2.71. The molecule has 0 fully saturated rings. The molecule has 0 aliphatic rings. The maximum absolute atomic E-state index is 13.3. The summed E-state index contributed by atoms with van der Waals surface area (Å²) in [6, 6.07) is 4.63. The molecule has 2 aromatic rings. The van der Waals surface area contributed by atoms with Crippen LogP contribution in [0.25, 0.3) is 5.69 Å². The van der Waals surface area contributed by atoms with E-state index in [1.54, 1.807) is 19.1 Å². The van der Waals surface area contributed by atoms with E-state index >= 15 is 0 Å². The van der Waals surface area contributed by atoms with Crippen LogP contribution in [0.15, 0.2) is 22.7 Å². The Morgan fingerprint density at radius 2 is 2.25 bits per heavy atom. The lowest BCUT2D eigenvalue weighted by atomic mass is 10.3. The molecule has 1 heterocycles. The van der Waals surface area contributed by atoms with E-state index in [9.17, 15) is 4.39 Å². The van der Waals surface area contributed by atoms with Crippen molar-refractivity contribution in [2.75, 3.05) is 0 Å². The van der Waals surface area contributed by atoms with Crippen LogP contribution in [0.4, 0.5) is 4.39 Å². The summed E-state index contributed by atoms with van der Waals surface area (Å²) in [5.74, 6) is 0.101. The van der Waals surface area contributed by atoms with Crippen LogP contribution in [0, 0.1) is 5.82 Å². The molecule has 1 unspecified atom stereocenters. The second-order valence-electron chi connectivity index (χ2n) is 3.16. The van der Waals surface area contributed by atoms with Crippen molar-refractivity contribution in [3.63, 3.8) is 0 Å². The largest absolute Gasteiger partial charge is 0.206 e. The van der Waals surface area contributed by atoms with Crippen LogP contribution in [0.1, 0.15) is 18.1 Å². The third-order valence-electron chi connectivity index (χ3n) is 2.00. The average molecular weight is 306 g/mol. The molecule has 0 saturated carbocycles. The zero-order chi connectivity index (χ0) is 11.7. The summed E-state index contributed by atoms with van der Waals surface area (Å²) < 4.78 is 15.1. The Balaban J connectivity index is 2.50. The fourth-order valence-electron chi connectivity index (χ4n) is 1.24. The van der Waals surface area contributed by atoms with E-state index in [-0.39, 0.29) is 11.2 Å². The summed E-state index contributed by atoms with van der Waals surface area (Å²) in [4.78, 5) is 0. The highest BCUT2D eigenvalue weighted by atomic mass is 79.9. The molecule has 1 aromatic heterocycles. The van der Waals surface area contributed by atoms with Crippen LogP contribution in [-0.2, 0) is 0 Å². The fraction of sp³-hybridized carbons (Fsp3) is 0.222. The third-order valence-corrected chi connectivity index (χ3v) is 2.84. The van der Waals surface area contributed by atoms with E-state index in [1.165, 1.54) is 10.7 Å². The summed E-state index contributed by atoms with van der Waals surface area (Å²) >= 11 is 8.98. The van der Waals surface area contributed by atoms with Crippen molar-refractivity contribution >= 4 is 27.5 Å². The standard InChI is InChI=1S/C9H7BrClFN4/c1-5(11)9-13-14-15-16(9)6-2-3-7(10)8(12)4-6/h2-5H,1H3. The van der Waals surface area contributed by atoms with Gasteiger partial charge in [-0.15, -0.1) is 16.7 Å². The van der Waals surface area contributed by atoms with Gasteiger partial charge in [0.05, 0.1) is 15.5 Å². The Hall–Kier alpha value is -1.01. The Morgan fingerprint density at radius 3 is 2.88 bits per heavy atom. The molecule has 0 spiro atoms. The van der Waals surface area contributed by atoms with Gasteiger partial charge in [-0.1, -0.05) is 0 Å². The van der Waals surface area contributed by atoms with Crippen molar-refractivity contribution in [3.05, 3.63) is 34.3 Å². The highest BCUT2D eigenvalue weighted by Gasteiger charge is 2.14. The van der Waals surface area contributed by atoms with Gasteiger partial charge in [0, 0.05) is 6.07 Å². The van der Waals surface area contributed by atoms with Gasteiger partial charge in [0.2, 0.25) is 0 Å². The minimum atomic E-state index is -0.374. The Kier molecular flexibility index (Phi) is 3.20. The van der Waals surface area contributed by atoms with Crippen molar-refractivity contribution in [2.24, 2.45) is 0 Å². The normalized spacial score (nSPS) is 12.8. The molecule has 2 rings (SSSR count). The number of halogens is 3. The topological polar surface area (TPSA) is 43.6 Å². The van der Waals surface area contributed by atoms with Gasteiger partial charge in [-0.25, -0.2) is 4.39 Å². The highest BCUT2D eigenvalue weighted by Crippen LogP contribution is 2.22. The zero-order valence-electron chi connectivity index (χ0n) is 8.23. The highest BCUT2D eigenvalue weighted by molar-refractivity contribution is 9.10. The van der Waals surface area contributed by atoms with Gasteiger partial charge in [-0.2, -0.15) is 4.68 Å². The van der Waals surface area contributed by atoms with Gasteiger partial charge >= 0.3 is 0 Å². The lowest BCUT2D eigenvalue weighted by molar-refractivity contribution is 0.617. The van der Waals surface area contributed by atoms with E-state index in [4.69, 9.17) is 11.6 Å². The smallest absolute Gasteiger partial charge is 0.174 e. The number of aromatic nitrogens is 4. The van der Waals surface area contributed by atoms with Crippen LogP contribution in [-0.4, -0.2) is 20.2 Å². The van der Waals surface area contributed by atoms with Crippen molar-refractivity contribution in [1.82, 2.24) is 20.2 Å². The van der Waals surface area contributed by atoms with Gasteiger partial charge in [0.25, 0.3) is 0 Å². The molecule has 0 aliphatic carbocycles. The molecule has 0 N–H and O–H groups in total. The SMILES string of the molecule is CC(Cl)c1nnnn1-c1ccc(Br)c(F)c1. The second kappa shape index (κ2) is 4.47. The molecule has 7 heteroatoms. The molecular weight excluding hydrogens is 298 g/mol. The molecule has 0 bridgehead atoms. The van der Waals surface area contributed by atoms with Crippen LogP contribution in [0.3, 0.4) is 0 Å². The lowest BCUT2D eigenvalue weighted by Gasteiger charge is -2.06. The fourth-order valence-corrected chi connectivity index (χ4v) is 1.63. The number of benzene rings is 1. The van der Waals surface area contributed by atoms with Gasteiger partial charge in [-0.3, -0.25) is 0 Å². The first kappa shape index (κ1) is 11.5. The van der Waals surface area contributed by atoms with Gasteiger partial charge in [-0.05, 0) is 45.4 Å². The molecule has 16 heavy (non-hydrogen) atoms. The Bertz CT molecular complexity index is 514. The van der Waals surface area contributed by atoms with Crippen molar-refractivity contribution < 1.29 is 4.39 Å². The summed E-state index contributed by atoms with van der Waals surface area (Å²) in [7, 11) is 0. The summed E-state index contributed by atoms with van der Waals surface area (Å²) in [5, 5.41) is 10.7. The molecule has 0 amide bonds. The minimum absolute atomic E-state index is 0.346. The van der Waals surface area contributed by atoms with Crippen LogP contribution < -0.4 is 0 Å². The van der Waals surface area contributed by atoms with Crippen molar-refractivity contribution in [2.45, 2.75) is 12.3 Å². The van der Waals surface area contributed by atoms with E-state index < -0.39 is 0 Å². The quantitative estimate of drug-likeness (QED) is 0.801. The summed E-state index contributed by atoms with van der Waals surface area (Å²) in [5.41, 5.74) is 0.535. The van der Waals surface area contributed by atoms with E-state index in [1.807, 2.05) is 0 Å². The Morgan fingerprint density at radius 1 is 1.50 bits per heavy atom. The predicted octanol–water partition coefficient (Wildman–Crippen LogP) is 2.86. The molecule has 0 aliphatic heterocycles. The molecule has 1 atom stereocenters. The maximum Gasteiger partial charge on any atom is 0.174 e. The van der Waals surface area contributed by atoms with E-state index in [0.29, 0.717) is 16.0 Å². The third kappa shape index (κ3) is 2.08. The molecule has 0 saturated heterocycles. The first-order valence-electron chi connectivity index (χ1n) is 4.47. The first-order valence-corrected chi connectivity index (χ1v) is 5.70. The maximum atomic E-state index is 13.3. The van der Waals surface area contributed by atoms with E-state index in [0.717, 1.165) is 0 Å². The number of tetrazole rings is 1. The number of alkyl halides is 1.